The summed E-state index contributed by atoms with van der Waals surface area (Å²) in [7, 11) is -4.22. The van der Waals surface area contributed by atoms with Crippen molar-refractivity contribution in [3.63, 3.8) is 0 Å². The first kappa shape index (κ1) is 14.9. The first-order valence-electron chi connectivity index (χ1n) is 4.87. The van der Waals surface area contributed by atoms with Gasteiger partial charge < -0.3 is 10.2 Å². The van der Waals surface area contributed by atoms with Gasteiger partial charge in [0.05, 0.1) is 9.82 Å². The van der Waals surface area contributed by atoms with E-state index >= 15 is 0 Å². The van der Waals surface area contributed by atoms with Crippen molar-refractivity contribution in [2.45, 2.75) is 17.9 Å². The van der Waals surface area contributed by atoms with Gasteiger partial charge in [-0.2, -0.15) is 4.72 Å². The lowest BCUT2D eigenvalue weighted by Gasteiger charge is -2.10. The number of hydrogen-bond acceptors (Lipinski definition) is 6. The summed E-state index contributed by atoms with van der Waals surface area (Å²) in [6, 6.07) is 1.03. The van der Waals surface area contributed by atoms with E-state index < -0.39 is 43.3 Å². The quantitative estimate of drug-likeness (QED) is 0.512. The van der Waals surface area contributed by atoms with Crippen LogP contribution in [0, 0.1) is 10.1 Å². The number of nitrogens with zero attached hydrogens (tertiary/aromatic N) is 1. The topological polar surface area (TPSA) is 147 Å². The minimum atomic E-state index is -4.22. The van der Waals surface area contributed by atoms with Crippen LogP contribution in [0.15, 0.2) is 23.1 Å². The van der Waals surface area contributed by atoms with E-state index in [1.54, 1.807) is 0 Å². The van der Waals surface area contributed by atoms with E-state index in [-0.39, 0.29) is 0 Å². The number of carbonyl (C=O) groups is 1. The summed E-state index contributed by atoms with van der Waals surface area (Å²) in [5.41, 5.74) is -0.786. The van der Waals surface area contributed by atoms with Crippen molar-refractivity contribution in [3.05, 3.63) is 28.3 Å². The number of hydrogen-bond donors (Lipinski definition) is 3. The largest absolute Gasteiger partial charge is 0.502 e. The molecule has 0 fully saturated rings. The minimum Gasteiger partial charge on any atom is -0.502 e. The maximum atomic E-state index is 11.8. The fraction of sp³-hybridized carbons (Fsp3) is 0.222. The number of nitro groups is 1. The molecule has 0 aromatic heterocycles. The molecule has 0 heterocycles. The molecule has 0 unspecified atom stereocenters. The number of nitro benzene ring substituents is 1. The maximum absolute atomic E-state index is 11.8. The van der Waals surface area contributed by atoms with Crippen molar-refractivity contribution >= 4 is 21.7 Å². The highest BCUT2D eigenvalue weighted by Crippen LogP contribution is 2.28. The predicted molar refractivity (Wildman–Crippen MR) is 62.2 cm³/mol. The summed E-state index contributed by atoms with van der Waals surface area (Å²) in [6.45, 7) is 1.11. The van der Waals surface area contributed by atoms with Gasteiger partial charge in [0.25, 0.3) is 0 Å². The highest BCUT2D eigenvalue weighted by atomic mass is 32.2. The second-order valence-electron chi connectivity index (χ2n) is 3.59. The Morgan fingerprint density at radius 3 is 2.53 bits per heavy atom. The molecule has 1 aromatic rings. The van der Waals surface area contributed by atoms with Gasteiger partial charge in [0.1, 0.15) is 6.04 Å². The average Bonchev–Trinajstić information content (AvgIpc) is 2.27. The number of sulfonamides is 1. The van der Waals surface area contributed by atoms with Crippen molar-refractivity contribution in [2.75, 3.05) is 0 Å². The molecule has 0 aliphatic carbocycles. The zero-order valence-electron chi connectivity index (χ0n) is 9.60. The van der Waals surface area contributed by atoms with E-state index in [0.717, 1.165) is 19.1 Å². The minimum absolute atomic E-state index is 0.509. The van der Waals surface area contributed by atoms with E-state index in [1.807, 2.05) is 4.72 Å². The van der Waals surface area contributed by atoms with Gasteiger partial charge in [-0.25, -0.2) is 8.42 Å². The van der Waals surface area contributed by atoms with E-state index in [1.165, 1.54) is 0 Å². The van der Waals surface area contributed by atoms with Crippen LogP contribution in [-0.2, 0) is 14.8 Å². The number of carboxylic acid groups (broad SMARTS) is 1. The van der Waals surface area contributed by atoms with Crippen LogP contribution in [0.25, 0.3) is 0 Å². The van der Waals surface area contributed by atoms with Crippen LogP contribution >= 0.6 is 0 Å². The summed E-state index contributed by atoms with van der Waals surface area (Å²) in [5.74, 6) is -2.08. The molecule has 1 rings (SSSR count). The smallest absolute Gasteiger partial charge is 0.321 e. The number of benzene rings is 1. The zero-order chi connectivity index (χ0) is 14.8. The molecule has 0 aliphatic heterocycles. The van der Waals surface area contributed by atoms with Crippen LogP contribution in [-0.4, -0.2) is 35.6 Å². The lowest BCUT2D eigenvalue weighted by molar-refractivity contribution is -0.386. The van der Waals surface area contributed by atoms with Crippen LogP contribution in [0.2, 0.25) is 0 Å². The Morgan fingerprint density at radius 2 is 2.05 bits per heavy atom. The molecule has 0 bridgehead atoms. The first-order valence-corrected chi connectivity index (χ1v) is 6.36. The zero-order valence-corrected chi connectivity index (χ0v) is 10.4. The molecule has 9 nitrogen and oxygen atoms in total. The van der Waals surface area contributed by atoms with Gasteiger partial charge in [0.2, 0.25) is 10.0 Å². The van der Waals surface area contributed by atoms with Gasteiger partial charge in [0, 0.05) is 6.07 Å². The fourth-order valence-electron chi connectivity index (χ4n) is 1.17. The molecule has 0 aliphatic rings. The standard InChI is InChI=1S/C9H10N2O7S/c1-5(9(13)14)10-19(17,18)6-2-3-8(12)7(4-6)11(15)16/h2-5,10,12H,1H3,(H,13,14)/t5-/m1/s1. The Labute approximate surface area is 107 Å². The molecule has 10 heteroatoms. The molecule has 0 radical (unpaired) electrons. The number of carboxylic acids is 1. The summed E-state index contributed by atoms with van der Waals surface area (Å²) in [5, 5.41) is 28.4. The summed E-state index contributed by atoms with van der Waals surface area (Å²) >= 11 is 0. The molecule has 19 heavy (non-hydrogen) atoms. The van der Waals surface area contributed by atoms with Crippen LogP contribution in [0.5, 0.6) is 5.75 Å². The summed E-state index contributed by atoms with van der Waals surface area (Å²) < 4.78 is 25.3. The summed E-state index contributed by atoms with van der Waals surface area (Å²) in [6.07, 6.45) is 0. The average molecular weight is 290 g/mol. The monoisotopic (exact) mass is 290 g/mol. The van der Waals surface area contributed by atoms with Gasteiger partial charge in [-0.3, -0.25) is 14.9 Å². The molecule has 1 atom stereocenters. The normalized spacial score (nSPS) is 12.9. The van der Waals surface area contributed by atoms with E-state index in [2.05, 4.69) is 0 Å². The van der Waals surface area contributed by atoms with Gasteiger partial charge in [-0.05, 0) is 19.1 Å². The molecular formula is C9H10N2O7S. The lowest BCUT2D eigenvalue weighted by Crippen LogP contribution is -2.38. The van der Waals surface area contributed by atoms with Crippen LogP contribution in [0.4, 0.5) is 5.69 Å². The molecule has 0 amide bonds. The second-order valence-corrected chi connectivity index (χ2v) is 5.30. The van der Waals surface area contributed by atoms with Crippen molar-refractivity contribution < 1.29 is 28.3 Å². The van der Waals surface area contributed by atoms with Crippen molar-refractivity contribution in [1.29, 1.82) is 0 Å². The molecule has 0 saturated heterocycles. The Hall–Kier alpha value is -2.20. The third-order valence-electron chi connectivity index (χ3n) is 2.16. The molecule has 1 aromatic carbocycles. The Kier molecular flexibility index (Phi) is 4.07. The Balaban J connectivity index is 3.19. The maximum Gasteiger partial charge on any atom is 0.321 e. The third-order valence-corrected chi connectivity index (χ3v) is 3.69. The molecule has 3 N–H and O–H groups in total. The van der Waals surface area contributed by atoms with Crippen molar-refractivity contribution in [1.82, 2.24) is 4.72 Å². The fourth-order valence-corrected chi connectivity index (χ4v) is 2.38. The molecule has 104 valence electrons. The highest BCUT2D eigenvalue weighted by molar-refractivity contribution is 7.89. The number of aromatic hydroxyl groups is 1. The van der Waals surface area contributed by atoms with Gasteiger partial charge in [-0.1, -0.05) is 0 Å². The summed E-state index contributed by atoms with van der Waals surface area (Å²) in [4.78, 5) is 19.7. The van der Waals surface area contributed by atoms with E-state index in [4.69, 9.17) is 5.11 Å². The van der Waals surface area contributed by atoms with Crippen LogP contribution in [0.1, 0.15) is 6.92 Å². The Bertz CT molecular complexity index is 625. The molecule has 0 spiro atoms. The van der Waals surface area contributed by atoms with Crippen LogP contribution in [0.3, 0.4) is 0 Å². The van der Waals surface area contributed by atoms with E-state index in [0.29, 0.717) is 6.07 Å². The highest BCUT2D eigenvalue weighted by Gasteiger charge is 2.24. The van der Waals surface area contributed by atoms with Crippen molar-refractivity contribution in [2.24, 2.45) is 0 Å². The third kappa shape index (κ3) is 3.39. The number of phenolic OH excluding ortho intramolecular Hbond substituents is 1. The van der Waals surface area contributed by atoms with Gasteiger partial charge >= 0.3 is 11.7 Å². The van der Waals surface area contributed by atoms with Gasteiger partial charge in [-0.15, -0.1) is 0 Å². The lowest BCUT2D eigenvalue weighted by atomic mass is 10.3. The van der Waals surface area contributed by atoms with Crippen molar-refractivity contribution in [3.8, 4) is 5.75 Å². The van der Waals surface area contributed by atoms with E-state index in [9.17, 15) is 28.4 Å². The second kappa shape index (κ2) is 5.20. The first-order chi connectivity index (χ1) is 8.65. The number of phenols is 1. The van der Waals surface area contributed by atoms with Crippen LogP contribution < -0.4 is 4.72 Å². The number of aliphatic carboxylic acids is 1. The Morgan fingerprint density at radius 1 is 1.47 bits per heavy atom. The number of nitrogens with one attached hydrogen (secondary N) is 1. The predicted octanol–water partition coefficient (Wildman–Crippen LogP) is 0.0518. The SMILES string of the molecule is C[C@@H](NS(=O)(=O)c1ccc(O)c([N+](=O)[O-])c1)C(=O)O. The molecule has 0 saturated carbocycles. The van der Waals surface area contributed by atoms with Gasteiger partial charge in [0.15, 0.2) is 5.75 Å². The molecular weight excluding hydrogens is 280 g/mol. The number of rotatable bonds is 5.